The fourth-order valence-electron chi connectivity index (χ4n) is 1.78. The van der Waals surface area contributed by atoms with Crippen LogP contribution in [0.25, 0.3) is 6.08 Å². The Balaban J connectivity index is 2.79. The minimum atomic E-state index is -1.13. The summed E-state index contributed by atoms with van der Waals surface area (Å²) in [7, 11) is 0. The molecule has 2 atom stereocenters. The van der Waals surface area contributed by atoms with Gasteiger partial charge >= 0.3 is 5.97 Å². The van der Waals surface area contributed by atoms with E-state index in [0.29, 0.717) is 16.9 Å². The highest BCUT2D eigenvalue weighted by Crippen LogP contribution is 2.24. The lowest BCUT2D eigenvalue weighted by Crippen LogP contribution is -2.20. The molecule has 0 fully saturated rings. The summed E-state index contributed by atoms with van der Waals surface area (Å²) in [5, 5.41) is 28.8. The molecule has 114 valence electrons. The smallest absolute Gasteiger partial charge is 0.328 e. The highest BCUT2D eigenvalue weighted by atomic mass is 32.2. The highest BCUT2D eigenvalue weighted by Gasteiger charge is 2.20. The topological polar surface area (TPSA) is 94.8 Å². The monoisotopic (exact) mass is 310 g/mol. The van der Waals surface area contributed by atoms with Crippen molar-refractivity contribution in [2.45, 2.75) is 25.6 Å². The van der Waals surface area contributed by atoms with Crippen LogP contribution in [0.4, 0.5) is 0 Å². The lowest BCUT2D eigenvalue weighted by atomic mass is 9.97. The number of carbonyl (C=O) groups excluding carboxylic acids is 1. The molecule has 0 aliphatic rings. The molecule has 0 aliphatic carbocycles. The lowest BCUT2D eigenvalue weighted by Gasteiger charge is -2.19. The maximum absolute atomic E-state index is 10.8. The largest absolute Gasteiger partial charge is 0.478 e. The van der Waals surface area contributed by atoms with Crippen molar-refractivity contribution in [3.63, 3.8) is 0 Å². The van der Waals surface area contributed by atoms with Crippen molar-refractivity contribution in [2.24, 2.45) is 0 Å². The summed E-state index contributed by atoms with van der Waals surface area (Å²) in [5.74, 6) is -0.668. The first-order valence-electron chi connectivity index (χ1n) is 6.41. The van der Waals surface area contributed by atoms with Gasteiger partial charge in [-0.1, -0.05) is 36.0 Å². The predicted octanol–water partition coefficient (Wildman–Crippen LogP) is 1.85. The van der Waals surface area contributed by atoms with Crippen LogP contribution in [-0.4, -0.2) is 38.3 Å². The predicted molar refractivity (Wildman–Crippen MR) is 81.8 cm³/mol. The zero-order valence-electron chi connectivity index (χ0n) is 11.6. The minimum absolute atomic E-state index is 0.0403. The van der Waals surface area contributed by atoms with Gasteiger partial charge in [0.25, 0.3) is 0 Å². The molecule has 5 nitrogen and oxygen atoms in total. The van der Waals surface area contributed by atoms with Crippen LogP contribution < -0.4 is 0 Å². The molecular weight excluding hydrogens is 292 g/mol. The average molecular weight is 310 g/mol. The third-order valence-corrected chi connectivity index (χ3v) is 3.65. The lowest BCUT2D eigenvalue weighted by molar-refractivity contribution is -0.131. The quantitative estimate of drug-likeness (QED) is 0.665. The van der Waals surface area contributed by atoms with E-state index in [1.165, 1.54) is 13.0 Å². The van der Waals surface area contributed by atoms with Crippen molar-refractivity contribution in [3.8, 4) is 0 Å². The Hall–Kier alpha value is -1.63. The van der Waals surface area contributed by atoms with Crippen molar-refractivity contribution < 1.29 is 24.9 Å². The van der Waals surface area contributed by atoms with E-state index in [1.54, 1.807) is 24.3 Å². The van der Waals surface area contributed by atoms with Crippen LogP contribution in [0, 0.1) is 0 Å². The first-order valence-corrected chi connectivity index (χ1v) is 7.39. The molecule has 0 aliphatic heterocycles. The van der Waals surface area contributed by atoms with Gasteiger partial charge in [-0.05, 0) is 23.6 Å². The molecule has 0 saturated heterocycles. The molecule has 0 spiro atoms. The van der Waals surface area contributed by atoms with Crippen LogP contribution in [0.2, 0.25) is 0 Å². The summed E-state index contributed by atoms with van der Waals surface area (Å²) in [6.07, 6.45) is 0.465. The van der Waals surface area contributed by atoms with Crippen LogP contribution in [0.15, 0.2) is 30.3 Å². The minimum Gasteiger partial charge on any atom is -0.478 e. The second kappa shape index (κ2) is 8.61. The molecular formula is C15H18O5S. The number of aliphatic hydroxyl groups is 2. The summed E-state index contributed by atoms with van der Waals surface area (Å²) >= 11 is 1.09. The van der Waals surface area contributed by atoms with E-state index in [1.807, 2.05) is 0 Å². The second-order valence-electron chi connectivity index (χ2n) is 4.44. The zero-order valence-corrected chi connectivity index (χ0v) is 12.4. The summed E-state index contributed by atoms with van der Waals surface area (Å²) in [4.78, 5) is 21.4. The Morgan fingerprint density at radius 3 is 2.57 bits per heavy atom. The number of carboxylic acid groups (broad SMARTS) is 1. The second-order valence-corrected chi connectivity index (χ2v) is 5.71. The van der Waals surface area contributed by atoms with Crippen molar-refractivity contribution in [1.29, 1.82) is 0 Å². The van der Waals surface area contributed by atoms with E-state index in [0.717, 1.165) is 17.8 Å². The maximum atomic E-state index is 10.8. The fourth-order valence-corrected chi connectivity index (χ4v) is 2.43. The maximum Gasteiger partial charge on any atom is 0.328 e. The van der Waals surface area contributed by atoms with Crippen molar-refractivity contribution >= 4 is 28.9 Å². The van der Waals surface area contributed by atoms with Crippen LogP contribution in [-0.2, 0) is 9.59 Å². The zero-order chi connectivity index (χ0) is 15.8. The van der Waals surface area contributed by atoms with E-state index in [2.05, 4.69) is 0 Å². The molecule has 0 aromatic heterocycles. The Morgan fingerprint density at radius 2 is 1.95 bits per heavy atom. The van der Waals surface area contributed by atoms with Gasteiger partial charge in [0.05, 0.1) is 6.10 Å². The molecule has 21 heavy (non-hydrogen) atoms. The standard InChI is InChI=1S/C15H18O5S/c1-10(16)21-9-8-13(17)15(20)12-5-3-2-4-11(12)6-7-14(18)19/h2-7,13,15,17,20H,8-9H2,1H3,(H,18,19)/b7-6+. The van der Waals surface area contributed by atoms with E-state index in [4.69, 9.17) is 5.11 Å². The number of thioether (sulfide) groups is 1. The third kappa shape index (κ3) is 6.12. The first kappa shape index (κ1) is 17.4. The molecule has 0 saturated carbocycles. The Morgan fingerprint density at radius 1 is 1.29 bits per heavy atom. The SMILES string of the molecule is CC(=O)SCCC(O)C(O)c1ccccc1/C=C/C(=O)O. The first-order chi connectivity index (χ1) is 9.91. The number of benzene rings is 1. The van der Waals surface area contributed by atoms with Gasteiger partial charge in [0.1, 0.15) is 6.10 Å². The fraction of sp³-hybridized carbons (Fsp3) is 0.333. The van der Waals surface area contributed by atoms with Crippen LogP contribution >= 0.6 is 11.8 Å². The summed E-state index contributed by atoms with van der Waals surface area (Å²) in [6.45, 7) is 1.44. The summed E-state index contributed by atoms with van der Waals surface area (Å²) in [6, 6.07) is 6.71. The Labute approximate surface area is 127 Å². The van der Waals surface area contributed by atoms with Gasteiger partial charge in [-0.25, -0.2) is 4.79 Å². The summed E-state index contributed by atoms with van der Waals surface area (Å²) < 4.78 is 0. The number of hydrogen-bond acceptors (Lipinski definition) is 5. The van der Waals surface area contributed by atoms with E-state index < -0.39 is 18.2 Å². The molecule has 6 heteroatoms. The number of carboxylic acids is 1. The van der Waals surface area contributed by atoms with Crippen LogP contribution in [0.1, 0.15) is 30.6 Å². The number of aliphatic carboxylic acids is 1. The average Bonchev–Trinajstić information content (AvgIpc) is 2.44. The molecule has 3 N–H and O–H groups in total. The Bertz CT molecular complexity index is 527. The van der Waals surface area contributed by atoms with Gasteiger partial charge in [0.15, 0.2) is 5.12 Å². The normalized spacial score (nSPS) is 14.0. The van der Waals surface area contributed by atoms with Crippen LogP contribution in [0.3, 0.4) is 0 Å². The molecule has 2 unspecified atom stereocenters. The third-order valence-electron chi connectivity index (χ3n) is 2.80. The molecule has 0 radical (unpaired) electrons. The van der Waals surface area contributed by atoms with Gasteiger partial charge < -0.3 is 15.3 Å². The molecule has 0 bridgehead atoms. The number of hydrogen-bond donors (Lipinski definition) is 3. The molecule has 1 aromatic carbocycles. The van der Waals surface area contributed by atoms with Gasteiger partial charge in [0.2, 0.25) is 0 Å². The van der Waals surface area contributed by atoms with Crippen molar-refractivity contribution in [3.05, 3.63) is 41.5 Å². The highest BCUT2D eigenvalue weighted by molar-refractivity contribution is 8.13. The number of aliphatic hydroxyl groups excluding tert-OH is 2. The van der Waals surface area contributed by atoms with Gasteiger partial charge in [-0.3, -0.25) is 4.79 Å². The van der Waals surface area contributed by atoms with Gasteiger partial charge in [-0.2, -0.15) is 0 Å². The van der Waals surface area contributed by atoms with Crippen molar-refractivity contribution in [1.82, 2.24) is 0 Å². The molecule has 1 aromatic rings. The molecule has 0 heterocycles. The van der Waals surface area contributed by atoms with Crippen molar-refractivity contribution in [2.75, 3.05) is 5.75 Å². The molecule has 0 amide bonds. The van der Waals surface area contributed by atoms with Gasteiger partial charge in [0, 0.05) is 18.8 Å². The van der Waals surface area contributed by atoms with Gasteiger partial charge in [-0.15, -0.1) is 0 Å². The molecule has 1 rings (SSSR count). The van der Waals surface area contributed by atoms with E-state index in [-0.39, 0.29) is 11.5 Å². The van der Waals surface area contributed by atoms with E-state index >= 15 is 0 Å². The summed E-state index contributed by atoms with van der Waals surface area (Å²) in [5.41, 5.74) is 0.987. The number of carbonyl (C=O) groups is 2. The Kier molecular flexibility index (Phi) is 7.14. The number of rotatable bonds is 7. The van der Waals surface area contributed by atoms with Crippen LogP contribution in [0.5, 0.6) is 0 Å². The van der Waals surface area contributed by atoms with E-state index in [9.17, 15) is 19.8 Å².